The van der Waals surface area contributed by atoms with Crippen LogP contribution in [0.4, 0.5) is 0 Å². The Morgan fingerprint density at radius 2 is 2.07 bits per heavy atom. The van der Waals surface area contributed by atoms with E-state index in [1.807, 2.05) is 6.07 Å². The summed E-state index contributed by atoms with van der Waals surface area (Å²) in [6.45, 7) is 3.49. The molecule has 0 aromatic carbocycles. The molecule has 1 heterocycles. The summed E-state index contributed by atoms with van der Waals surface area (Å²) >= 11 is 0. The highest BCUT2D eigenvalue weighted by Gasteiger charge is 2.32. The van der Waals surface area contributed by atoms with Gasteiger partial charge in [-0.1, -0.05) is 0 Å². The first-order valence-corrected chi connectivity index (χ1v) is 5.46. The fraction of sp³-hybridized carbons (Fsp3) is 0.583. The van der Waals surface area contributed by atoms with Crippen molar-refractivity contribution in [3.8, 4) is 0 Å². The van der Waals surface area contributed by atoms with Crippen molar-refractivity contribution in [3.63, 3.8) is 0 Å². The van der Waals surface area contributed by atoms with Crippen LogP contribution in [-0.4, -0.2) is 16.1 Å². The highest BCUT2D eigenvalue weighted by atomic mass is 16.4. The highest BCUT2D eigenvalue weighted by Crippen LogP contribution is 2.28. The number of hydrogen-bond donors (Lipinski definition) is 2. The predicted molar refractivity (Wildman–Crippen MR) is 58.1 cm³/mol. The maximum atomic E-state index is 11.1. The van der Waals surface area contributed by atoms with Gasteiger partial charge < -0.3 is 10.1 Å². The first-order valence-electron chi connectivity index (χ1n) is 5.46. The van der Waals surface area contributed by atoms with Crippen LogP contribution in [0.25, 0.3) is 0 Å². The Balaban J connectivity index is 2.37. The fourth-order valence-corrected chi connectivity index (χ4v) is 2.06. The van der Waals surface area contributed by atoms with Crippen LogP contribution >= 0.6 is 0 Å². The predicted octanol–water partition coefficient (Wildman–Crippen LogP) is 2.26. The Labute approximate surface area is 89.5 Å². The lowest BCUT2D eigenvalue weighted by Crippen LogP contribution is -2.28. The summed E-state index contributed by atoms with van der Waals surface area (Å²) in [5, 5.41) is 9.14. The van der Waals surface area contributed by atoms with E-state index in [0.717, 1.165) is 18.5 Å². The lowest BCUT2D eigenvalue weighted by atomic mass is 9.89. The van der Waals surface area contributed by atoms with Crippen molar-refractivity contribution < 1.29 is 9.90 Å². The molecule has 0 bridgehead atoms. The smallest absolute Gasteiger partial charge is 0.315 e. The molecule has 0 atom stereocenters. The normalized spacial score (nSPS) is 16.1. The molecule has 1 aliphatic rings. The average Bonchev–Trinajstić information content (AvgIpc) is 2.61. The van der Waals surface area contributed by atoms with E-state index in [0.29, 0.717) is 0 Å². The molecule has 0 spiro atoms. The van der Waals surface area contributed by atoms with Gasteiger partial charge in [-0.15, -0.1) is 0 Å². The van der Waals surface area contributed by atoms with Crippen LogP contribution in [0.1, 0.15) is 43.6 Å². The Hall–Kier alpha value is -1.25. The quantitative estimate of drug-likeness (QED) is 0.781. The molecule has 1 aromatic heterocycles. The number of H-pyrrole nitrogens is 1. The Morgan fingerprint density at radius 1 is 1.40 bits per heavy atom. The van der Waals surface area contributed by atoms with Crippen molar-refractivity contribution in [1.82, 2.24) is 4.98 Å². The van der Waals surface area contributed by atoms with Crippen molar-refractivity contribution in [2.75, 3.05) is 0 Å². The molecular formula is C12H17NO2. The van der Waals surface area contributed by atoms with Crippen molar-refractivity contribution >= 4 is 5.97 Å². The molecule has 0 saturated carbocycles. The van der Waals surface area contributed by atoms with Gasteiger partial charge in [0, 0.05) is 11.4 Å². The molecule has 0 aliphatic heterocycles. The van der Waals surface area contributed by atoms with Crippen LogP contribution in [0.5, 0.6) is 0 Å². The molecule has 3 nitrogen and oxygen atoms in total. The number of aryl methyl sites for hydroxylation is 2. The van der Waals surface area contributed by atoms with Gasteiger partial charge in [0.25, 0.3) is 0 Å². The second-order valence-electron chi connectivity index (χ2n) is 4.82. The summed E-state index contributed by atoms with van der Waals surface area (Å²) in [5.41, 5.74) is 2.58. The molecule has 1 aliphatic carbocycles. The van der Waals surface area contributed by atoms with E-state index in [2.05, 4.69) is 4.98 Å². The van der Waals surface area contributed by atoms with Crippen LogP contribution in [0.2, 0.25) is 0 Å². The lowest BCUT2D eigenvalue weighted by molar-refractivity contribution is -0.142. The van der Waals surface area contributed by atoms with E-state index < -0.39 is 11.4 Å². The highest BCUT2D eigenvalue weighted by molar-refractivity contribution is 5.79. The van der Waals surface area contributed by atoms with Crippen molar-refractivity contribution in [2.24, 2.45) is 0 Å². The number of carboxylic acids is 1. The van der Waals surface area contributed by atoms with E-state index in [4.69, 9.17) is 5.11 Å². The summed E-state index contributed by atoms with van der Waals surface area (Å²) in [5.74, 6) is -0.777. The van der Waals surface area contributed by atoms with E-state index in [9.17, 15) is 4.79 Å². The molecular weight excluding hydrogens is 190 g/mol. The second kappa shape index (κ2) is 3.40. The third-order valence-electron chi connectivity index (χ3n) is 3.32. The maximum Gasteiger partial charge on any atom is 0.315 e. The van der Waals surface area contributed by atoms with Gasteiger partial charge in [-0.2, -0.15) is 0 Å². The molecule has 1 aromatic rings. The standard InChI is InChI=1S/C12H17NO2/c1-12(2,11(14)15)10-7-8-5-3-4-6-9(8)13-10/h7,13H,3-6H2,1-2H3,(H,14,15). The van der Waals surface area contributed by atoms with Crippen LogP contribution < -0.4 is 0 Å². The zero-order chi connectivity index (χ0) is 11.1. The van der Waals surface area contributed by atoms with E-state index in [-0.39, 0.29) is 0 Å². The summed E-state index contributed by atoms with van der Waals surface area (Å²) in [4.78, 5) is 14.4. The van der Waals surface area contributed by atoms with Gasteiger partial charge in [0.15, 0.2) is 0 Å². The van der Waals surface area contributed by atoms with Gasteiger partial charge in [0.2, 0.25) is 0 Å². The number of aromatic amines is 1. The first-order chi connectivity index (χ1) is 7.01. The van der Waals surface area contributed by atoms with Crippen molar-refractivity contribution in [3.05, 3.63) is 23.0 Å². The number of aromatic nitrogens is 1. The summed E-state index contributed by atoms with van der Waals surface area (Å²) < 4.78 is 0. The number of fused-ring (bicyclic) bond motifs is 1. The zero-order valence-corrected chi connectivity index (χ0v) is 9.26. The van der Waals surface area contributed by atoms with Gasteiger partial charge in [-0.05, 0) is 51.2 Å². The molecule has 0 radical (unpaired) electrons. The van der Waals surface area contributed by atoms with Gasteiger partial charge in [0.1, 0.15) is 5.41 Å². The van der Waals surface area contributed by atoms with Crippen LogP contribution in [0, 0.1) is 0 Å². The largest absolute Gasteiger partial charge is 0.481 e. The van der Waals surface area contributed by atoms with E-state index in [1.54, 1.807) is 13.8 Å². The number of hydrogen-bond acceptors (Lipinski definition) is 1. The van der Waals surface area contributed by atoms with Crippen LogP contribution in [-0.2, 0) is 23.1 Å². The van der Waals surface area contributed by atoms with Crippen LogP contribution in [0.15, 0.2) is 6.07 Å². The summed E-state index contributed by atoms with van der Waals surface area (Å²) in [7, 11) is 0. The monoisotopic (exact) mass is 207 g/mol. The number of nitrogens with one attached hydrogen (secondary N) is 1. The Kier molecular flexibility index (Phi) is 2.33. The van der Waals surface area contributed by atoms with E-state index in [1.165, 1.54) is 24.1 Å². The van der Waals surface area contributed by atoms with Crippen molar-refractivity contribution in [2.45, 2.75) is 44.9 Å². The molecule has 0 unspecified atom stereocenters. The summed E-state index contributed by atoms with van der Waals surface area (Å²) in [6, 6.07) is 2.03. The molecule has 0 saturated heterocycles. The van der Waals surface area contributed by atoms with Gasteiger partial charge in [0.05, 0.1) is 0 Å². The molecule has 0 fully saturated rings. The molecule has 2 N–H and O–H groups in total. The van der Waals surface area contributed by atoms with E-state index >= 15 is 0 Å². The fourth-order valence-electron chi connectivity index (χ4n) is 2.06. The molecule has 0 amide bonds. The SMILES string of the molecule is CC(C)(C(=O)O)c1cc2c([nH]1)CCCC2. The topological polar surface area (TPSA) is 53.1 Å². The molecule has 15 heavy (non-hydrogen) atoms. The second-order valence-corrected chi connectivity index (χ2v) is 4.82. The first kappa shape index (κ1) is 10.3. The molecule has 3 heteroatoms. The van der Waals surface area contributed by atoms with Gasteiger partial charge in [-0.3, -0.25) is 4.79 Å². The number of carboxylic acid groups (broad SMARTS) is 1. The third-order valence-corrected chi connectivity index (χ3v) is 3.32. The summed E-state index contributed by atoms with van der Waals surface area (Å²) in [6.07, 6.45) is 4.57. The number of aliphatic carboxylic acids is 1. The zero-order valence-electron chi connectivity index (χ0n) is 9.26. The minimum atomic E-state index is -0.808. The Morgan fingerprint density at radius 3 is 2.67 bits per heavy atom. The minimum absolute atomic E-state index is 0.777. The van der Waals surface area contributed by atoms with Gasteiger partial charge in [-0.25, -0.2) is 0 Å². The minimum Gasteiger partial charge on any atom is -0.481 e. The van der Waals surface area contributed by atoms with Crippen LogP contribution in [0.3, 0.4) is 0 Å². The number of carbonyl (C=O) groups is 1. The average molecular weight is 207 g/mol. The third kappa shape index (κ3) is 1.66. The molecule has 82 valence electrons. The molecule has 2 rings (SSSR count). The lowest BCUT2D eigenvalue weighted by Gasteiger charge is -2.17. The number of rotatable bonds is 2. The van der Waals surface area contributed by atoms with Crippen molar-refractivity contribution in [1.29, 1.82) is 0 Å². The maximum absolute atomic E-state index is 11.1. The Bertz CT molecular complexity index is 367. The van der Waals surface area contributed by atoms with Gasteiger partial charge >= 0.3 is 5.97 Å².